The number of aromatic carboxylic acids is 1. The Hall–Kier alpha value is -0.770. The third-order valence-corrected chi connectivity index (χ3v) is 4.11. The number of hydrogen-bond donors (Lipinski definition) is 2. The van der Waals surface area contributed by atoms with Crippen molar-refractivity contribution in [2.24, 2.45) is 0 Å². The Morgan fingerprint density at radius 3 is 2.60 bits per heavy atom. The van der Waals surface area contributed by atoms with Crippen LogP contribution in [0.5, 0.6) is 0 Å². The van der Waals surface area contributed by atoms with Gasteiger partial charge >= 0.3 is 5.97 Å². The summed E-state index contributed by atoms with van der Waals surface area (Å²) in [5.74, 6) is -0.436. The summed E-state index contributed by atoms with van der Waals surface area (Å²) in [5.41, 5.74) is 2.25. The number of aromatic nitrogens is 1. The van der Waals surface area contributed by atoms with Crippen LogP contribution in [0.25, 0.3) is 0 Å². The fourth-order valence-corrected chi connectivity index (χ4v) is 2.84. The molecule has 3 nitrogen and oxygen atoms in total. The standard InChI is InChI=1S/C11H14BrNO2/c1-6-9(12)8(11(14)15)10(13-6)7-4-2-3-5-7/h7,13H,2-5H2,1H3,(H,14,15). The molecule has 82 valence electrons. The molecule has 0 atom stereocenters. The fourth-order valence-electron chi connectivity index (χ4n) is 2.35. The van der Waals surface area contributed by atoms with E-state index in [-0.39, 0.29) is 0 Å². The summed E-state index contributed by atoms with van der Waals surface area (Å²) in [6.45, 7) is 1.90. The number of carboxylic acids is 1. The van der Waals surface area contributed by atoms with Crippen molar-refractivity contribution in [2.45, 2.75) is 38.5 Å². The normalized spacial score (nSPS) is 17.2. The molecule has 0 spiro atoms. The topological polar surface area (TPSA) is 53.1 Å². The SMILES string of the molecule is Cc1[nH]c(C2CCCC2)c(C(=O)O)c1Br. The van der Waals surface area contributed by atoms with Crippen molar-refractivity contribution in [3.05, 3.63) is 21.4 Å². The van der Waals surface area contributed by atoms with Gasteiger partial charge in [-0.1, -0.05) is 12.8 Å². The lowest BCUT2D eigenvalue weighted by Crippen LogP contribution is -2.04. The van der Waals surface area contributed by atoms with Gasteiger partial charge in [-0.05, 0) is 41.6 Å². The molecule has 0 aromatic carbocycles. The molecule has 0 unspecified atom stereocenters. The van der Waals surface area contributed by atoms with Crippen LogP contribution in [0.3, 0.4) is 0 Å². The summed E-state index contributed by atoms with van der Waals surface area (Å²) in [4.78, 5) is 14.4. The lowest BCUT2D eigenvalue weighted by molar-refractivity contribution is 0.0694. The molecular weight excluding hydrogens is 258 g/mol. The van der Waals surface area contributed by atoms with Crippen molar-refractivity contribution in [1.29, 1.82) is 0 Å². The first-order chi connectivity index (χ1) is 7.11. The Kier molecular flexibility index (Phi) is 2.87. The minimum absolute atomic E-state index is 0.404. The molecule has 2 rings (SSSR count). The smallest absolute Gasteiger partial charge is 0.338 e. The first-order valence-corrected chi connectivity index (χ1v) is 6.01. The summed E-state index contributed by atoms with van der Waals surface area (Å²) in [7, 11) is 0. The van der Waals surface area contributed by atoms with E-state index in [4.69, 9.17) is 0 Å². The van der Waals surface area contributed by atoms with Crippen LogP contribution in [-0.4, -0.2) is 16.1 Å². The highest BCUT2D eigenvalue weighted by Crippen LogP contribution is 2.38. The highest BCUT2D eigenvalue weighted by atomic mass is 79.9. The Morgan fingerprint density at radius 1 is 1.47 bits per heavy atom. The third-order valence-electron chi connectivity index (χ3n) is 3.12. The lowest BCUT2D eigenvalue weighted by Gasteiger charge is -2.08. The molecule has 0 saturated heterocycles. The maximum atomic E-state index is 11.2. The van der Waals surface area contributed by atoms with Crippen molar-refractivity contribution < 1.29 is 9.90 Å². The average molecular weight is 272 g/mol. The van der Waals surface area contributed by atoms with Crippen LogP contribution >= 0.6 is 15.9 Å². The molecule has 1 aromatic rings. The van der Waals surface area contributed by atoms with E-state index in [2.05, 4.69) is 20.9 Å². The van der Waals surface area contributed by atoms with Gasteiger partial charge in [-0.15, -0.1) is 0 Å². The Labute approximate surface area is 97.0 Å². The minimum Gasteiger partial charge on any atom is -0.478 e. The van der Waals surface area contributed by atoms with E-state index in [9.17, 15) is 9.90 Å². The number of rotatable bonds is 2. The first kappa shape index (κ1) is 10.7. The number of halogens is 1. The van der Waals surface area contributed by atoms with Crippen LogP contribution in [0.15, 0.2) is 4.47 Å². The van der Waals surface area contributed by atoms with Gasteiger partial charge < -0.3 is 10.1 Å². The van der Waals surface area contributed by atoms with Crippen LogP contribution in [0.2, 0.25) is 0 Å². The number of carbonyl (C=O) groups is 1. The molecule has 0 amide bonds. The maximum Gasteiger partial charge on any atom is 0.338 e. The van der Waals surface area contributed by atoms with Crippen LogP contribution in [-0.2, 0) is 0 Å². The van der Waals surface area contributed by atoms with E-state index in [1.54, 1.807) is 0 Å². The second-order valence-electron chi connectivity index (χ2n) is 4.14. The number of H-pyrrole nitrogens is 1. The van der Waals surface area contributed by atoms with Crippen molar-refractivity contribution in [1.82, 2.24) is 4.98 Å². The van der Waals surface area contributed by atoms with Gasteiger partial charge in [-0.2, -0.15) is 0 Å². The van der Waals surface area contributed by atoms with E-state index >= 15 is 0 Å². The van der Waals surface area contributed by atoms with Crippen molar-refractivity contribution >= 4 is 21.9 Å². The largest absolute Gasteiger partial charge is 0.478 e. The zero-order valence-corrected chi connectivity index (χ0v) is 10.2. The first-order valence-electron chi connectivity index (χ1n) is 5.22. The maximum absolute atomic E-state index is 11.2. The van der Waals surface area contributed by atoms with Crippen molar-refractivity contribution in [2.75, 3.05) is 0 Å². The molecule has 1 aliphatic carbocycles. The molecule has 2 N–H and O–H groups in total. The van der Waals surface area contributed by atoms with Gasteiger partial charge in [0.1, 0.15) is 0 Å². The molecule has 0 aliphatic heterocycles. The molecule has 4 heteroatoms. The predicted molar refractivity (Wildman–Crippen MR) is 61.4 cm³/mol. The minimum atomic E-state index is -0.840. The molecule has 1 heterocycles. The van der Waals surface area contributed by atoms with E-state index in [0.29, 0.717) is 16.0 Å². The Bertz CT molecular complexity index is 392. The quantitative estimate of drug-likeness (QED) is 0.866. The van der Waals surface area contributed by atoms with Gasteiger partial charge in [0.25, 0.3) is 0 Å². The molecule has 1 fully saturated rings. The predicted octanol–water partition coefficient (Wildman–Crippen LogP) is 3.44. The third kappa shape index (κ3) is 1.83. The highest BCUT2D eigenvalue weighted by Gasteiger charge is 2.27. The lowest BCUT2D eigenvalue weighted by atomic mass is 10.0. The van der Waals surface area contributed by atoms with E-state index in [1.165, 1.54) is 12.8 Å². The second kappa shape index (κ2) is 4.00. The summed E-state index contributed by atoms with van der Waals surface area (Å²) < 4.78 is 0.705. The number of aryl methyl sites for hydroxylation is 1. The van der Waals surface area contributed by atoms with Gasteiger partial charge in [0.15, 0.2) is 0 Å². The highest BCUT2D eigenvalue weighted by molar-refractivity contribution is 9.10. The molecular formula is C11H14BrNO2. The molecule has 0 bridgehead atoms. The number of nitrogens with one attached hydrogen (secondary N) is 1. The molecule has 1 aliphatic rings. The summed E-state index contributed by atoms with van der Waals surface area (Å²) >= 11 is 3.34. The number of carboxylic acid groups (broad SMARTS) is 1. The van der Waals surface area contributed by atoms with E-state index in [0.717, 1.165) is 24.2 Å². The average Bonchev–Trinajstić information content (AvgIpc) is 2.75. The van der Waals surface area contributed by atoms with Crippen molar-refractivity contribution in [3.63, 3.8) is 0 Å². The summed E-state index contributed by atoms with van der Waals surface area (Å²) in [5, 5.41) is 9.17. The molecule has 1 saturated carbocycles. The zero-order chi connectivity index (χ0) is 11.0. The molecule has 0 radical (unpaired) electrons. The second-order valence-corrected chi connectivity index (χ2v) is 4.93. The Balaban J connectivity index is 2.45. The van der Waals surface area contributed by atoms with Gasteiger partial charge in [0.05, 0.1) is 10.0 Å². The van der Waals surface area contributed by atoms with Crippen LogP contribution < -0.4 is 0 Å². The zero-order valence-electron chi connectivity index (χ0n) is 8.64. The van der Waals surface area contributed by atoms with E-state index < -0.39 is 5.97 Å². The van der Waals surface area contributed by atoms with Crippen LogP contribution in [0, 0.1) is 6.92 Å². The molecule has 15 heavy (non-hydrogen) atoms. The van der Waals surface area contributed by atoms with Gasteiger partial charge in [0.2, 0.25) is 0 Å². The Morgan fingerprint density at radius 2 is 2.07 bits per heavy atom. The van der Waals surface area contributed by atoms with Gasteiger partial charge in [-0.3, -0.25) is 0 Å². The summed E-state index contributed by atoms with van der Waals surface area (Å²) in [6.07, 6.45) is 4.62. The van der Waals surface area contributed by atoms with Gasteiger partial charge in [0, 0.05) is 11.4 Å². The van der Waals surface area contributed by atoms with Crippen LogP contribution in [0.1, 0.15) is 53.3 Å². The summed E-state index contributed by atoms with van der Waals surface area (Å²) in [6, 6.07) is 0. The van der Waals surface area contributed by atoms with Gasteiger partial charge in [-0.25, -0.2) is 4.79 Å². The van der Waals surface area contributed by atoms with Crippen LogP contribution in [0.4, 0.5) is 0 Å². The van der Waals surface area contributed by atoms with Crippen molar-refractivity contribution in [3.8, 4) is 0 Å². The molecule has 1 aromatic heterocycles. The number of hydrogen-bond acceptors (Lipinski definition) is 1. The number of aromatic amines is 1. The van der Waals surface area contributed by atoms with E-state index in [1.807, 2.05) is 6.92 Å². The fraction of sp³-hybridized carbons (Fsp3) is 0.545. The monoisotopic (exact) mass is 271 g/mol.